The maximum absolute atomic E-state index is 4.70. The molecule has 1 aromatic heterocycles. The van der Waals surface area contributed by atoms with Crippen molar-refractivity contribution in [1.82, 2.24) is 10.3 Å². The first-order chi connectivity index (χ1) is 6.99. The molecule has 1 unspecified atom stereocenters. The number of nitrogens with one attached hydrogen (secondary N) is 1. The number of aromatic nitrogens is 1. The molecule has 1 aliphatic carbocycles. The molecule has 2 rings (SSSR count). The SMILES string of the molecule is CC(C)NCc1csc(C2CC2(C)C)n1. The van der Waals surface area contributed by atoms with Crippen molar-refractivity contribution in [2.24, 2.45) is 5.41 Å². The summed E-state index contributed by atoms with van der Waals surface area (Å²) in [6.07, 6.45) is 1.30. The summed E-state index contributed by atoms with van der Waals surface area (Å²) in [5.41, 5.74) is 1.70. The fraction of sp³-hybridized carbons (Fsp3) is 0.750. The van der Waals surface area contributed by atoms with Crippen LogP contribution in [0.2, 0.25) is 0 Å². The van der Waals surface area contributed by atoms with Gasteiger partial charge < -0.3 is 5.32 Å². The fourth-order valence-corrected chi connectivity index (χ4v) is 2.89. The number of nitrogens with zero attached hydrogens (tertiary/aromatic N) is 1. The second-order valence-corrected chi connectivity index (χ2v) is 6.35. The van der Waals surface area contributed by atoms with Crippen molar-refractivity contribution in [1.29, 1.82) is 0 Å². The minimum Gasteiger partial charge on any atom is -0.309 e. The second-order valence-electron chi connectivity index (χ2n) is 5.46. The molecule has 0 radical (unpaired) electrons. The summed E-state index contributed by atoms with van der Waals surface area (Å²) in [6.45, 7) is 9.88. The van der Waals surface area contributed by atoms with Crippen LogP contribution < -0.4 is 5.32 Å². The van der Waals surface area contributed by atoms with E-state index in [4.69, 9.17) is 4.98 Å². The van der Waals surface area contributed by atoms with E-state index < -0.39 is 0 Å². The number of rotatable bonds is 4. The van der Waals surface area contributed by atoms with Crippen LogP contribution in [0, 0.1) is 5.41 Å². The van der Waals surface area contributed by atoms with Gasteiger partial charge in [0.15, 0.2) is 0 Å². The van der Waals surface area contributed by atoms with Crippen molar-refractivity contribution in [3.8, 4) is 0 Å². The van der Waals surface area contributed by atoms with Crippen molar-refractivity contribution in [3.63, 3.8) is 0 Å². The predicted molar refractivity (Wildman–Crippen MR) is 65.2 cm³/mol. The molecular formula is C12H20N2S. The molecule has 15 heavy (non-hydrogen) atoms. The topological polar surface area (TPSA) is 24.9 Å². The molecule has 1 fully saturated rings. The second kappa shape index (κ2) is 3.87. The van der Waals surface area contributed by atoms with Crippen LogP contribution in [0.4, 0.5) is 0 Å². The quantitative estimate of drug-likeness (QED) is 0.850. The molecule has 1 aliphatic rings. The first-order valence-corrected chi connectivity index (χ1v) is 6.55. The van der Waals surface area contributed by atoms with Gasteiger partial charge in [-0.25, -0.2) is 4.98 Å². The van der Waals surface area contributed by atoms with Crippen molar-refractivity contribution in [2.45, 2.75) is 52.6 Å². The highest BCUT2D eigenvalue weighted by molar-refractivity contribution is 7.09. The maximum atomic E-state index is 4.70. The van der Waals surface area contributed by atoms with Gasteiger partial charge in [0.1, 0.15) is 0 Å². The van der Waals surface area contributed by atoms with Crippen molar-refractivity contribution >= 4 is 11.3 Å². The van der Waals surface area contributed by atoms with E-state index in [0.717, 1.165) is 12.5 Å². The van der Waals surface area contributed by atoms with E-state index in [2.05, 4.69) is 38.4 Å². The number of hydrogen-bond acceptors (Lipinski definition) is 3. The third-order valence-corrected chi connectivity index (χ3v) is 4.08. The summed E-state index contributed by atoms with van der Waals surface area (Å²) in [7, 11) is 0. The van der Waals surface area contributed by atoms with E-state index in [1.807, 2.05) is 11.3 Å². The monoisotopic (exact) mass is 224 g/mol. The molecule has 84 valence electrons. The number of hydrogen-bond donors (Lipinski definition) is 1. The summed E-state index contributed by atoms with van der Waals surface area (Å²) in [6, 6.07) is 0.535. The molecule has 1 atom stereocenters. The van der Waals surface area contributed by atoms with Gasteiger partial charge >= 0.3 is 0 Å². The van der Waals surface area contributed by atoms with E-state index >= 15 is 0 Å². The molecule has 1 heterocycles. The Hall–Kier alpha value is -0.410. The molecule has 1 aromatic rings. The van der Waals surface area contributed by atoms with Gasteiger partial charge in [-0.3, -0.25) is 0 Å². The highest BCUT2D eigenvalue weighted by Crippen LogP contribution is 2.59. The molecule has 1 saturated carbocycles. The summed E-state index contributed by atoms with van der Waals surface area (Å²) < 4.78 is 0. The van der Waals surface area contributed by atoms with Gasteiger partial charge in [0, 0.05) is 23.9 Å². The van der Waals surface area contributed by atoms with Gasteiger partial charge in [-0.05, 0) is 11.8 Å². The zero-order chi connectivity index (χ0) is 11.1. The Morgan fingerprint density at radius 1 is 1.60 bits per heavy atom. The Morgan fingerprint density at radius 2 is 2.27 bits per heavy atom. The zero-order valence-electron chi connectivity index (χ0n) is 10.0. The summed E-state index contributed by atoms with van der Waals surface area (Å²) in [5, 5.41) is 6.93. The van der Waals surface area contributed by atoms with Crippen LogP contribution in [0.1, 0.15) is 50.7 Å². The molecule has 2 nitrogen and oxygen atoms in total. The first kappa shape index (κ1) is 11.1. The predicted octanol–water partition coefficient (Wildman–Crippen LogP) is 3.15. The highest BCUT2D eigenvalue weighted by Gasteiger charge is 2.48. The van der Waals surface area contributed by atoms with Crippen LogP contribution >= 0.6 is 11.3 Å². The van der Waals surface area contributed by atoms with Crippen LogP contribution in [0.15, 0.2) is 5.38 Å². The van der Waals surface area contributed by atoms with E-state index in [1.165, 1.54) is 17.1 Å². The Bertz CT molecular complexity index is 341. The van der Waals surface area contributed by atoms with E-state index in [9.17, 15) is 0 Å². The third-order valence-electron chi connectivity index (χ3n) is 3.07. The Morgan fingerprint density at radius 3 is 2.80 bits per heavy atom. The molecular weight excluding hydrogens is 204 g/mol. The molecule has 0 saturated heterocycles. The van der Waals surface area contributed by atoms with Crippen LogP contribution in [-0.4, -0.2) is 11.0 Å². The Kier molecular flexibility index (Phi) is 2.86. The summed E-state index contributed by atoms with van der Waals surface area (Å²) in [5.74, 6) is 0.718. The average Bonchev–Trinajstić information content (AvgIpc) is 2.63. The van der Waals surface area contributed by atoms with Gasteiger partial charge in [-0.1, -0.05) is 27.7 Å². The minimum absolute atomic E-state index is 0.501. The lowest BCUT2D eigenvalue weighted by Gasteiger charge is -2.04. The smallest absolute Gasteiger partial charge is 0.0965 e. The molecule has 0 spiro atoms. The fourth-order valence-electron chi connectivity index (χ4n) is 1.76. The minimum atomic E-state index is 0.501. The lowest BCUT2D eigenvalue weighted by Crippen LogP contribution is -2.21. The largest absolute Gasteiger partial charge is 0.309 e. The molecule has 0 amide bonds. The molecule has 0 aromatic carbocycles. The third kappa shape index (κ3) is 2.58. The van der Waals surface area contributed by atoms with Gasteiger partial charge in [0.05, 0.1) is 10.7 Å². The van der Waals surface area contributed by atoms with Crippen molar-refractivity contribution in [3.05, 3.63) is 16.1 Å². The standard InChI is InChI=1S/C12H20N2S/c1-8(2)13-6-9-7-15-11(14-9)10-5-12(10,3)4/h7-8,10,13H,5-6H2,1-4H3. The van der Waals surface area contributed by atoms with Gasteiger partial charge in [-0.15, -0.1) is 11.3 Å². The van der Waals surface area contributed by atoms with Gasteiger partial charge in [0.25, 0.3) is 0 Å². The van der Waals surface area contributed by atoms with Gasteiger partial charge in [0.2, 0.25) is 0 Å². The zero-order valence-corrected chi connectivity index (χ0v) is 10.8. The van der Waals surface area contributed by atoms with Crippen molar-refractivity contribution < 1.29 is 0 Å². The highest BCUT2D eigenvalue weighted by atomic mass is 32.1. The molecule has 3 heteroatoms. The lowest BCUT2D eigenvalue weighted by molar-refractivity contribution is 0.580. The first-order valence-electron chi connectivity index (χ1n) is 5.67. The molecule has 0 bridgehead atoms. The Labute approximate surface area is 96.1 Å². The maximum Gasteiger partial charge on any atom is 0.0965 e. The summed E-state index contributed by atoms with van der Waals surface area (Å²) >= 11 is 1.82. The van der Waals surface area contributed by atoms with Crippen molar-refractivity contribution in [2.75, 3.05) is 0 Å². The summed E-state index contributed by atoms with van der Waals surface area (Å²) in [4.78, 5) is 4.70. The van der Waals surface area contributed by atoms with Crippen LogP contribution in [0.3, 0.4) is 0 Å². The van der Waals surface area contributed by atoms with Crippen LogP contribution in [-0.2, 0) is 6.54 Å². The Balaban J connectivity index is 1.93. The van der Waals surface area contributed by atoms with Gasteiger partial charge in [-0.2, -0.15) is 0 Å². The van der Waals surface area contributed by atoms with E-state index in [-0.39, 0.29) is 0 Å². The average molecular weight is 224 g/mol. The van der Waals surface area contributed by atoms with Crippen LogP contribution in [0.25, 0.3) is 0 Å². The lowest BCUT2D eigenvalue weighted by atomic mass is 10.1. The molecule has 1 N–H and O–H groups in total. The molecule has 0 aliphatic heterocycles. The normalized spacial score (nSPS) is 23.4. The van der Waals surface area contributed by atoms with E-state index in [1.54, 1.807) is 0 Å². The number of thiazole rings is 1. The van der Waals surface area contributed by atoms with Crippen LogP contribution in [0.5, 0.6) is 0 Å². The van der Waals surface area contributed by atoms with E-state index in [0.29, 0.717) is 11.5 Å².